The predicted molar refractivity (Wildman–Crippen MR) is 70.5 cm³/mol. The lowest BCUT2D eigenvalue weighted by atomic mass is 9.76. The number of likely N-dealkylation sites (tertiary alicyclic amines) is 1. The van der Waals surface area contributed by atoms with Crippen LogP contribution in [0.25, 0.3) is 0 Å². The van der Waals surface area contributed by atoms with Crippen molar-refractivity contribution in [3.63, 3.8) is 0 Å². The minimum absolute atomic E-state index is 0.194. The van der Waals surface area contributed by atoms with Crippen molar-refractivity contribution in [2.75, 3.05) is 32.8 Å². The summed E-state index contributed by atoms with van der Waals surface area (Å²) in [6, 6.07) is 0. The standard InChI is InChI=1S/C15H25NO2/c17-12-15(7-10-18-13-15)11-16-8-5-14(6-9-16)3-1-2-4-14/h12H,1-11,13H2. The molecule has 0 radical (unpaired) electrons. The zero-order valence-electron chi connectivity index (χ0n) is 11.3. The van der Waals surface area contributed by atoms with Crippen LogP contribution in [0.3, 0.4) is 0 Å². The van der Waals surface area contributed by atoms with Crippen molar-refractivity contribution in [2.24, 2.45) is 10.8 Å². The monoisotopic (exact) mass is 251 g/mol. The number of aldehydes is 1. The lowest BCUT2D eigenvalue weighted by Gasteiger charge is -2.41. The molecule has 1 aliphatic carbocycles. The number of hydrogen-bond acceptors (Lipinski definition) is 3. The maximum Gasteiger partial charge on any atom is 0.129 e. The average molecular weight is 251 g/mol. The molecule has 0 aromatic carbocycles. The number of carbonyl (C=O) groups is 1. The van der Waals surface area contributed by atoms with Gasteiger partial charge in [0, 0.05) is 13.2 Å². The van der Waals surface area contributed by atoms with Gasteiger partial charge in [-0.2, -0.15) is 0 Å². The summed E-state index contributed by atoms with van der Waals surface area (Å²) in [5.74, 6) is 0. The topological polar surface area (TPSA) is 29.5 Å². The van der Waals surface area contributed by atoms with Crippen molar-refractivity contribution in [3.8, 4) is 0 Å². The first-order chi connectivity index (χ1) is 8.76. The summed E-state index contributed by atoms with van der Waals surface area (Å²) in [4.78, 5) is 13.9. The van der Waals surface area contributed by atoms with E-state index in [-0.39, 0.29) is 5.41 Å². The van der Waals surface area contributed by atoms with Gasteiger partial charge in [-0.3, -0.25) is 0 Å². The summed E-state index contributed by atoms with van der Waals surface area (Å²) in [5.41, 5.74) is 0.483. The molecule has 2 saturated heterocycles. The summed E-state index contributed by atoms with van der Waals surface area (Å²) in [6.07, 6.45) is 10.5. The molecule has 3 heteroatoms. The normalized spacial score (nSPS) is 36.2. The summed E-state index contributed by atoms with van der Waals surface area (Å²) in [7, 11) is 0. The van der Waals surface area contributed by atoms with Crippen molar-refractivity contribution in [3.05, 3.63) is 0 Å². The molecule has 0 N–H and O–H groups in total. The fraction of sp³-hybridized carbons (Fsp3) is 0.933. The second-order valence-electron chi connectivity index (χ2n) is 6.77. The van der Waals surface area contributed by atoms with Gasteiger partial charge in [0.2, 0.25) is 0 Å². The Balaban J connectivity index is 1.55. The number of hydrogen-bond donors (Lipinski definition) is 0. The van der Waals surface area contributed by atoms with E-state index in [1.54, 1.807) is 0 Å². The van der Waals surface area contributed by atoms with E-state index in [0.29, 0.717) is 12.0 Å². The number of carbonyl (C=O) groups excluding carboxylic acids is 1. The first-order valence-electron chi connectivity index (χ1n) is 7.53. The highest BCUT2D eigenvalue weighted by Gasteiger charge is 2.41. The van der Waals surface area contributed by atoms with Crippen molar-refractivity contribution in [1.82, 2.24) is 4.90 Å². The van der Waals surface area contributed by atoms with Crippen molar-refractivity contribution < 1.29 is 9.53 Å². The van der Waals surface area contributed by atoms with Gasteiger partial charge in [0.25, 0.3) is 0 Å². The molecule has 0 bridgehead atoms. The minimum Gasteiger partial charge on any atom is -0.380 e. The van der Waals surface area contributed by atoms with Crippen LogP contribution in [-0.4, -0.2) is 44.0 Å². The van der Waals surface area contributed by atoms with Crippen molar-refractivity contribution in [2.45, 2.75) is 44.9 Å². The molecule has 18 heavy (non-hydrogen) atoms. The molecule has 1 saturated carbocycles. The first-order valence-corrected chi connectivity index (χ1v) is 7.53. The molecule has 3 aliphatic rings. The van der Waals surface area contributed by atoms with Gasteiger partial charge in [0.1, 0.15) is 6.29 Å². The minimum atomic E-state index is -0.194. The van der Waals surface area contributed by atoms with Gasteiger partial charge >= 0.3 is 0 Å². The molecular weight excluding hydrogens is 226 g/mol. The lowest BCUT2D eigenvalue weighted by Crippen LogP contribution is -2.45. The molecule has 1 spiro atoms. The summed E-state index contributed by atoms with van der Waals surface area (Å²) in [6.45, 7) is 4.70. The Morgan fingerprint density at radius 1 is 1.06 bits per heavy atom. The quantitative estimate of drug-likeness (QED) is 0.721. The smallest absolute Gasteiger partial charge is 0.129 e. The van der Waals surface area contributed by atoms with Crippen LogP contribution in [0.1, 0.15) is 44.9 Å². The number of rotatable bonds is 3. The molecular formula is C15H25NO2. The molecule has 3 fully saturated rings. The van der Waals surface area contributed by atoms with Gasteiger partial charge in [0.05, 0.1) is 12.0 Å². The van der Waals surface area contributed by atoms with Crippen LogP contribution < -0.4 is 0 Å². The molecule has 0 amide bonds. The third-order valence-corrected chi connectivity index (χ3v) is 5.50. The van der Waals surface area contributed by atoms with Crippen LogP contribution in [0.15, 0.2) is 0 Å². The fourth-order valence-corrected chi connectivity index (χ4v) is 4.13. The van der Waals surface area contributed by atoms with Gasteiger partial charge in [-0.25, -0.2) is 0 Å². The molecule has 2 heterocycles. The van der Waals surface area contributed by atoms with Crippen LogP contribution in [-0.2, 0) is 9.53 Å². The Morgan fingerprint density at radius 2 is 1.78 bits per heavy atom. The third-order valence-electron chi connectivity index (χ3n) is 5.50. The third kappa shape index (κ3) is 2.35. The van der Waals surface area contributed by atoms with Crippen LogP contribution >= 0.6 is 0 Å². The Bertz CT molecular complexity index is 294. The van der Waals surface area contributed by atoms with Gasteiger partial charge in [0.15, 0.2) is 0 Å². The van der Waals surface area contributed by atoms with Crippen LogP contribution in [0, 0.1) is 10.8 Å². The second-order valence-corrected chi connectivity index (χ2v) is 6.77. The van der Waals surface area contributed by atoms with Crippen molar-refractivity contribution >= 4 is 6.29 Å². The van der Waals surface area contributed by atoms with E-state index < -0.39 is 0 Å². The maximum atomic E-state index is 11.3. The van der Waals surface area contributed by atoms with Crippen LogP contribution in [0.4, 0.5) is 0 Å². The van der Waals surface area contributed by atoms with E-state index in [2.05, 4.69) is 4.90 Å². The van der Waals surface area contributed by atoms with Gasteiger partial charge < -0.3 is 14.4 Å². The van der Waals surface area contributed by atoms with E-state index in [9.17, 15) is 4.79 Å². The van der Waals surface area contributed by atoms with Crippen LogP contribution in [0.5, 0.6) is 0 Å². The van der Waals surface area contributed by atoms with Crippen molar-refractivity contribution in [1.29, 1.82) is 0 Å². The van der Waals surface area contributed by atoms with Crippen LogP contribution in [0.2, 0.25) is 0 Å². The number of piperidine rings is 1. The maximum absolute atomic E-state index is 11.3. The number of nitrogens with zero attached hydrogens (tertiary/aromatic N) is 1. The highest BCUT2D eigenvalue weighted by molar-refractivity contribution is 5.60. The average Bonchev–Trinajstić information content (AvgIpc) is 3.03. The van der Waals surface area contributed by atoms with E-state index in [0.717, 1.165) is 25.9 Å². The van der Waals surface area contributed by atoms with Gasteiger partial charge in [-0.05, 0) is 50.6 Å². The van der Waals surface area contributed by atoms with E-state index in [1.165, 1.54) is 51.6 Å². The van der Waals surface area contributed by atoms with E-state index >= 15 is 0 Å². The zero-order chi connectivity index (χ0) is 12.5. The highest BCUT2D eigenvalue weighted by Crippen LogP contribution is 2.46. The van der Waals surface area contributed by atoms with E-state index in [4.69, 9.17) is 4.74 Å². The highest BCUT2D eigenvalue weighted by atomic mass is 16.5. The summed E-state index contributed by atoms with van der Waals surface area (Å²) < 4.78 is 5.43. The fourth-order valence-electron chi connectivity index (χ4n) is 4.13. The van der Waals surface area contributed by atoms with E-state index in [1.807, 2.05) is 0 Å². The Kier molecular flexibility index (Phi) is 3.46. The second kappa shape index (κ2) is 4.93. The summed E-state index contributed by atoms with van der Waals surface area (Å²) >= 11 is 0. The molecule has 3 rings (SSSR count). The van der Waals surface area contributed by atoms with Gasteiger partial charge in [-0.15, -0.1) is 0 Å². The Morgan fingerprint density at radius 3 is 2.33 bits per heavy atom. The SMILES string of the molecule is O=CC1(CN2CCC3(CCCC3)CC2)CCOC1. The largest absolute Gasteiger partial charge is 0.380 e. The molecule has 102 valence electrons. The molecule has 1 atom stereocenters. The molecule has 2 aliphatic heterocycles. The lowest BCUT2D eigenvalue weighted by molar-refractivity contribution is -0.117. The number of ether oxygens (including phenoxy) is 1. The molecule has 3 nitrogen and oxygen atoms in total. The Hall–Kier alpha value is -0.410. The molecule has 0 aromatic rings. The predicted octanol–water partition coefficient (Wildman–Crippen LogP) is 2.25. The van der Waals surface area contributed by atoms with Gasteiger partial charge in [-0.1, -0.05) is 12.8 Å². The first kappa shape index (κ1) is 12.6. The summed E-state index contributed by atoms with van der Waals surface area (Å²) in [5, 5.41) is 0. The zero-order valence-corrected chi connectivity index (χ0v) is 11.3. The molecule has 0 aromatic heterocycles. The molecule has 1 unspecified atom stereocenters. The Labute approximate surface area is 110 Å².